The molecule has 0 atom stereocenters. The number of benzene rings is 8. The highest BCUT2D eigenvalue weighted by Crippen LogP contribution is 2.49. The second-order valence-corrected chi connectivity index (χ2v) is 14.3. The number of nitrogens with zero attached hydrogens (tertiary/aromatic N) is 3. The van der Waals surface area contributed by atoms with Crippen LogP contribution in [0.1, 0.15) is 0 Å². The fourth-order valence-electron chi connectivity index (χ4n) is 9.13. The van der Waals surface area contributed by atoms with Crippen molar-refractivity contribution in [2.75, 3.05) is 0 Å². The van der Waals surface area contributed by atoms with Crippen LogP contribution in [0.2, 0.25) is 0 Å². The van der Waals surface area contributed by atoms with Gasteiger partial charge in [-0.1, -0.05) is 115 Å². The van der Waals surface area contributed by atoms with Crippen LogP contribution < -0.4 is 0 Å². The smallest absolute Gasteiger partial charge is 0.0792 e. The van der Waals surface area contributed by atoms with E-state index in [9.17, 15) is 0 Å². The molecular formula is C51H31N3. The summed E-state index contributed by atoms with van der Waals surface area (Å²) < 4.78 is 4.79. The minimum Gasteiger partial charge on any atom is -0.309 e. The monoisotopic (exact) mass is 685 g/mol. The summed E-state index contributed by atoms with van der Waals surface area (Å²) in [7, 11) is 0. The van der Waals surface area contributed by atoms with Crippen LogP contribution in [0.4, 0.5) is 0 Å². The van der Waals surface area contributed by atoms with Gasteiger partial charge >= 0.3 is 0 Å². The Balaban J connectivity index is 1.06. The minimum atomic E-state index is 1.05. The molecule has 3 aromatic heterocycles. The second-order valence-electron chi connectivity index (χ2n) is 14.3. The lowest BCUT2D eigenvalue weighted by atomic mass is 9.96. The molecular weight excluding hydrogens is 655 g/mol. The average Bonchev–Trinajstić information content (AvgIpc) is 3.87. The molecule has 12 rings (SSSR count). The van der Waals surface area contributed by atoms with Crippen molar-refractivity contribution in [2.24, 2.45) is 0 Å². The zero-order valence-electron chi connectivity index (χ0n) is 29.2. The quantitative estimate of drug-likeness (QED) is 0.181. The molecule has 0 N–H and O–H groups in total. The van der Waals surface area contributed by atoms with Crippen molar-refractivity contribution >= 4 is 54.5 Å². The fraction of sp³-hybridized carbons (Fsp3) is 0. The lowest BCUT2D eigenvalue weighted by Gasteiger charge is -2.11. The zero-order valence-corrected chi connectivity index (χ0v) is 29.2. The van der Waals surface area contributed by atoms with E-state index in [1.54, 1.807) is 0 Å². The van der Waals surface area contributed by atoms with Crippen molar-refractivity contribution in [3.8, 4) is 55.9 Å². The third-order valence-electron chi connectivity index (χ3n) is 11.5. The molecule has 8 aromatic carbocycles. The summed E-state index contributed by atoms with van der Waals surface area (Å²) in [6, 6.07) is 66.4. The number of para-hydroxylation sites is 3. The largest absolute Gasteiger partial charge is 0.309 e. The third-order valence-corrected chi connectivity index (χ3v) is 11.5. The summed E-state index contributed by atoms with van der Waals surface area (Å²) in [6.07, 6.45) is 1.96. The molecule has 0 aliphatic heterocycles. The molecule has 54 heavy (non-hydrogen) atoms. The Morgan fingerprint density at radius 1 is 0.315 bits per heavy atom. The van der Waals surface area contributed by atoms with Gasteiger partial charge in [-0.3, -0.25) is 4.98 Å². The van der Waals surface area contributed by atoms with Gasteiger partial charge in [0, 0.05) is 50.1 Å². The molecule has 0 unspecified atom stereocenters. The van der Waals surface area contributed by atoms with E-state index in [1.807, 2.05) is 6.20 Å². The number of aromatic nitrogens is 3. The number of hydrogen-bond acceptors (Lipinski definition) is 1. The summed E-state index contributed by atoms with van der Waals surface area (Å²) in [5, 5.41) is 6.22. The van der Waals surface area contributed by atoms with Gasteiger partial charge in [-0.15, -0.1) is 0 Å². The first-order chi connectivity index (χ1) is 26.8. The summed E-state index contributed by atoms with van der Waals surface area (Å²) >= 11 is 0. The van der Waals surface area contributed by atoms with Gasteiger partial charge in [0.05, 0.1) is 27.6 Å². The average molecular weight is 686 g/mol. The van der Waals surface area contributed by atoms with Gasteiger partial charge < -0.3 is 9.13 Å². The Morgan fingerprint density at radius 2 is 0.833 bits per heavy atom. The van der Waals surface area contributed by atoms with Crippen LogP contribution in [0.3, 0.4) is 0 Å². The van der Waals surface area contributed by atoms with Gasteiger partial charge in [0.1, 0.15) is 0 Å². The molecule has 0 amide bonds. The maximum absolute atomic E-state index is 5.00. The van der Waals surface area contributed by atoms with Crippen LogP contribution in [-0.4, -0.2) is 14.1 Å². The summed E-state index contributed by atoms with van der Waals surface area (Å²) in [6.45, 7) is 0. The fourth-order valence-corrected chi connectivity index (χ4v) is 9.13. The molecule has 3 heteroatoms. The standard InChI is InChI=1S/C51H31N3/c1-3-11-35(12-4-1)53-46-18-10-9-17-40(46)44-29-32(20-25-47(44)53)33-21-26-48-45(30-33)41-22-19-34(31-49(41)54(48)36-13-5-2-6-14-36)37-23-24-42-38-15-7-8-16-39(38)43-27-28-52-51(37)50(42)43/h1-31H. The predicted molar refractivity (Wildman–Crippen MR) is 226 cm³/mol. The van der Waals surface area contributed by atoms with E-state index in [4.69, 9.17) is 4.98 Å². The molecule has 0 bridgehead atoms. The highest BCUT2D eigenvalue weighted by molar-refractivity contribution is 6.18. The Labute approximate surface area is 311 Å². The van der Waals surface area contributed by atoms with Crippen molar-refractivity contribution in [3.05, 3.63) is 188 Å². The second kappa shape index (κ2) is 11.1. The van der Waals surface area contributed by atoms with Crippen molar-refractivity contribution in [3.63, 3.8) is 0 Å². The van der Waals surface area contributed by atoms with Crippen LogP contribution in [0.15, 0.2) is 188 Å². The number of hydrogen-bond donors (Lipinski definition) is 0. The molecule has 0 saturated carbocycles. The normalized spacial score (nSPS) is 12.1. The summed E-state index contributed by atoms with van der Waals surface area (Å²) in [5.41, 5.74) is 18.0. The van der Waals surface area contributed by atoms with Gasteiger partial charge in [0.2, 0.25) is 0 Å². The van der Waals surface area contributed by atoms with E-state index >= 15 is 0 Å². The topological polar surface area (TPSA) is 22.8 Å². The van der Waals surface area contributed by atoms with Gasteiger partial charge in [-0.05, 0) is 106 Å². The van der Waals surface area contributed by atoms with E-state index in [2.05, 4.69) is 191 Å². The number of fused-ring (bicyclic) bond motifs is 9. The van der Waals surface area contributed by atoms with E-state index in [-0.39, 0.29) is 0 Å². The highest BCUT2D eigenvalue weighted by atomic mass is 15.0. The van der Waals surface area contributed by atoms with Gasteiger partial charge in [-0.2, -0.15) is 0 Å². The highest BCUT2D eigenvalue weighted by Gasteiger charge is 2.24. The molecule has 250 valence electrons. The van der Waals surface area contributed by atoms with Crippen LogP contribution >= 0.6 is 0 Å². The van der Waals surface area contributed by atoms with Gasteiger partial charge in [0.15, 0.2) is 0 Å². The van der Waals surface area contributed by atoms with Gasteiger partial charge in [0.25, 0.3) is 0 Å². The molecule has 0 saturated heterocycles. The van der Waals surface area contributed by atoms with E-state index < -0.39 is 0 Å². The maximum atomic E-state index is 5.00. The lowest BCUT2D eigenvalue weighted by Crippen LogP contribution is -1.94. The third kappa shape index (κ3) is 4.09. The predicted octanol–water partition coefficient (Wildman–Crippen LogP) is 13.4. The van der Waals surface area contributed by atoms with E-state index in [1.165, 1.54) is 88.1 Å². The Hall–Kier alpha value is -7.23. The first-order valence-electron chi connectivity index (χ1n) is 18.5. The Bertz CT molecular complexity index is 3280. The molecule has 1 aliphatic rings. The van der Waals surface area contributed by atoms with E-state index in [0.717, 1.165) is 22.3 Å². The summed E-state index contributed by atoms with van der Waals surface area (Å²) in [4.78, 5) is 5.00. The van der Waals surface area contributed by atoms with Crippen molar-refractivity contribution in [1.82, 2.24) is 14.1 Å². The van der Waals surface area contributed by atoms with Gasteiger partial charge in [-0.25, -0.2) is 0 Å². The maximum Gasteiger partial charge on any atom is 0.0792 e. The molecule has 3 nitrogen and oxygen atoms in total. The minimum absolute atomic E-state index is 1.05. The van der Waals surface area contributed by atoms with Crippen molar-refractivity contribution in [2.45, 2.75) is 0 Å². The first kappa shape index (κ1) is 29.4. The van der Waals surface area contributed by atoms with E-state index in [0.29, 0.717) is 0 Å². The van der Waals surface area contributed by atoms with Crippen molar-refractivity contribution in [1.29, 1.82) is 0 Å². The molecule has 1 aliphatic carbocycles. The van der Waals surface area contributed by atoms with Crippen LogP contribution in [-0.2, 0) is 0 Å². The van der Waals surface area contributed by atoms with Crippen molar-refractivity contribution < 1.29 is 0 Å². The molecule has 0 fully saturated rings. The molecule has 0 radical (unpaired) electrons. The van der Waals surface area contributed by atoms with Crippen LogP contribution in [0.5, 0.6) is 0 Å². The Kier molecular flexibility index (Phi) is 6.05. The Morgan fingerprint density at radius 3 is 1.52 bits per heavy atom. The number of rotatable bonds is 4. The molecule has 0 spiro atoms. The lowest BCUT2D eigenvalue weighted by molar-refractivity contribution is 1.18. The molecule has 3 heterocycles. The zero-order chi connectivity index (χ0) is 35.3. The first-order valence-corrected chi connectivity index (χ1v) is 18.5. The van der Waals surface area contributed by atoms with Crippen LogP contribution in [0, 0.1) is 0 Å². The summed E-state index contributed by atoms with van der Waals surface area (Å²) in [5.74, 6) is 0. The molecule has 11 aromatic rings. The number of pyridine rings is 1. The van der Waals surface area contributed by atoms with Crippen LogP contribution in [0.25, 0.3) is 110 Å². The SMILES string of the molecule is c1ccc(-n2c3ccccc3c3cc(-c4ccc5c(c4)c4ccc(-c6ccc7c8c(ccnc68)-c6ccccc6-7)cc4n5-c4ccccc4)ccc32)cc1.